The van der Waals surface area contributed by atoms with Gasteiger partial charge in [-0.25, -0.2) is 22.0 Å². The lowest BCUT2D eigenvalue weighted by molar-refractivity contribution is 0.237. The van der Waals surface area contributed by atoms with Gasteiger partial charge in [0.25, 0.3) is 0 Å². The molecule has 35 heavy (non-hydrogen) atoms. The number of hydrogen-bond acceptors (Lipinski definition) is 3. The predicted molar refractivity (Wildman–Crippen MR) is 120 cm³/mol. The van der Waals surface area contributed by atoms with Gasteiger partial charge in [0.1, 0.15) is 11.5 Å². The smallest absolute Gasteiger partial charge is 0.200 e. The Morgan fingerprint density at radius 2 is 1.46 bits per heavy atom. The van der Waals surface area contributed by atoms with Crippen LogP contribution in [0.4, 0.5) is 22.0 Å². The number of phenols is 1. The molecule has 1 saturated heterocycles. The molecule has 8 heteroatoms. The molecule has 3 aromatic rings. The van der Waals surface area contributed by atoms with Gasteiger partial charge < -0.3 is 14.7 Å². The van der Waals surface area contributed by atoms with E-state index in [1.54, 1.807) is 0 Å². The van der Waals surface area contributed by atoms with Crippen molar-refractivity contribution in [2.75, 3.05) is 26.2 Å². The molecule has 0 unspecified atom stereocenters. The summed E-state index contributed by atoms with van der Waals surface area (Å²) in [5, 5.41) is 10.1. The molecule has 0 bridgehead atoms. The molecule has 0 aromatic heterocycles. The first-order valence-corrected chi connectivity index (χ1v) is 11.6. The van der Waals surface area contributed by atoms with Gasteiger partial charge in [0.2, 0.25) is 5.82 Å². The number of phenolic OH excluding ortho intramolecular Hbond substituents is 1. The van der Waals surface area contributed by atoms with Crippen molar-refractivity contribution in [3.05, 3.63) is 93.8 Å². The fourth-order valence-electron chi connectivity index (χ4n) is 5.20. The fourth-order valence-corrected chi connectivity index (χ4v) is 5.20. The average Bonchev–Trinajstić information content (AvgIpc) is 3.39. The van der Waals surface area contributed by atoms with Crippen LogP contribution in [0.2, 0.25) is 0 Å². The van der Waals surface area contributed by atoms with E-state index in [0.717, 1.165) is 31.6 Å². The van der Waals surface area contributed by atoms with Gasteiger partial charge in [-0.2, -0.15) is 0 Å². The first-order chi connectivity index (χ1) is 16.8. The third-order valence-corrected chi connectivity index (χ3v) is 7.02. The van der Waals surface area contributed by atoms with Gasteiger partial charge in [-0.3, -0.25) is 0 Å². The third kappa shape index (κ3) is 4.35. The molecule has 1 fully saturated rings. The maximum Gasteiger partial charge on any atom is 0.200 e. The van der Waals surface area contributed by atoms with Crippen LogP contribution in [-0.4, -0.2) is 36.2 Å². The van der Waals surface area contributed by atoms with Crippen molar-refractivity contribution < 1.29 is 31.8 Å². The molecule has 3 nitrogen and oxygen atoms in total. The second-order valence-electron chi connectivity index (χ2n) is 9.14. The zero-order valence-corrected chi connectivity index (χ0v) is 18.8. The lowest BCUT2D eigenvalue weighted by Gasteiger charge is -2.35. The van der Waals surface area contributed by atoms with E-state index in [2.05, 4.69) is 4.90 Å². The number of benzene rings is 3. The van der Waals surface area contributed by atoms with E-state index in [0.29, 0.717) is 16.9 Å². The van der Waals surface area contributed by atoms with Crippen LogP contribution in [0.1, 0.15) is 46.9 Å². The average molecular weight is 489 g/mol. The number of ether oxygens (including phenoxy) is 1. The quantitative estimate of drug-likeness (QED) is 0.270. The van der Waals surface area contributed by atoms with Gasteiger partial charge in [0, 0.05) is 29.5 Å². The van der Waals surface area contributed by atoms with E-state index in [-0.39, 0.29) is 12.4 Å². The Labute approximate surface area is 199 Å². The van der Waals surface area contributed by atoms with Crippen LogP contribution < -0.4 is 4.74 Å². The van der Waals surface area contributed by atoms with Crippen molar-refractivity contribution in [3.8, 4) is 11.5 Å². The monoisotopic (exact) mass is 489 g/mol. The molecular weight excluding hydrogens is 465 g/mol. The summed E-state index contributed by atoms with van der Waals surface area (Å²) >= 11 is 0. The molecule has 0 radical (unpaired) electrons. The summed E-state index contributed by atoms with van der Waals surface area (Å²) < 4.78 is 77.1. The van der Waals surface area contributed by atoms with Crippen molar-refractivity contribution >= 4 is 0 Å². The second-order valence-corrected chi connectivity index (χ2v) is 9.14. The fraction of sp³-hybridized carbons (Fsp3) is 0.333. The van der Waals surface area contributed by atoms with Gasteiger partial charge in [-0.1, -0.05) is 24.3 Å². The Hall–Kier alpha value is -3.13. The van der Waals surface area contributed by atoms with Crippen LogP contribution in [0, 0.1) is 29.1 Å². The molecule has 1 N–H and O–H groups in total. The Morgan fingerprint density at radius 3 is 2.11 bits per heavy atom. The standard InChI is InChI=1S/C27H24F5NO2/c28-23-22(24(29)26(31)27(32)25(23)30)19-14-35-20-8-7-17(34)13-18(20)21(19)16-5-3-15(4-6-16)9-12-33-10-1-2-11-33/h3-8,13,19,21,34H,1-2,9-12,14H2/t19-,21+/m0/s1. The molecule has 2 aliphatic heterocycles. The number of aromatic hydroxyl groups is 1. The van der Waals surface area contributed by atoms with Crippen LogP contribution in [0.15, 0.2) is 42.5 Å². The van der Waals surface area contributed by atoms with E-state index >= 15 is 0 Å². The highest BCUT2D eigenvalue weighted by atomic mass is 19.2. The van der Waals surface area contributed by atoms with Crippen LogP contribution in [0.3, 0.4) is 0 Å². The minimum absolute atomic E-state index is 0.0994. The normalized spacial score (nSPS) is 20.0. The summed E-state index contributed by atoms with van der Waals surface area (Å²) in [5.74, 6) is -11.6. The summed E-state index contributed by atoms with van der Waals surface area (Å²) in [6.07, 6.45) is 3.24. The number of fused-ring (bicyclic) bond motifs is 1. The highest BCUT2D eigenvalue weighted by molar-refractivity contribution is 5.51. The van der Waals surface area contributed by atoms with Crippen LogP contribution in [-0.2, 0) is 6.42 Å². The molecule has 3 aromatic carbocycles. The summed E-state index contributed by atoms with van der Waals surface area (Å²) in [5.41, 5.74) is 1.20. The Morgan fingerprint density at radius 1 is 0.829 bits per heavy atom. The Bertz CT molecular complexity index is 1210. The van der Waals surface area contributed by atoms with Gasteiger partial charge in [-0.15, -0.1) is 0 Å². The van der Waals surface area contributed by atoms with E-state index < -0.39 is 46.5 Å². The highest BCUT2D eigenvalue weighted by Gasteiger charge is 2.40. The molecular formula is C27H24F5NO2. The second kappa shape index (κ2) is 9.49. The number of rotatable bonds is 5. The molecule has 2 atom stereocenters. The van der Waals surface area contributed by atoms with Gasteiger partial charge in [0.15, 0.2) is 23.3 Å². The summed E-state index contributed by atoms with van der Waals surface area (Å²) in [7, 11) is 0. The van der Waals surface area contributed by atoms with Gasteiger partial charge >= 0.3 is 0 Å². The molecule has 2 heterocycles. The highest BCUT2D eigenvalue weighted by Crippen LogP contribution is 2.48. The number of hydrogen-bond donors (Lipinski definition) is 1. The number of halogens is 5. The van der Waals surface area contributed by atoms with Crippen LogP contribution in [0.5, 0.6) is 11.5 Å². The predicted octanol–water partition coefficient (Wildman–Crippen LogP) is 6.03. The van der Waals surface area contributed by atoms with Crippen molar-refractivity contribution in [2.24, 2.45) is 0 Å². The lowest BCUT2D eigenvalue weighted by atomic mass is 9.75. The van der Waals surface area contributed by atoms with Crippen LogP contribution >= 0.6 is 0 Å². The Kier molecular flexibility index (Phi) is 6.40. The van der Waals surface area contributed by atoms with E-state index in [1.165, 1.54) is 31.0 Å². The van der Waals surface area contributed by atoms with E-state index in [1.807, 2.05) is 24.3 Å². The Balaban J connectivity index is 1.55. The minimum atomic E-state index is -2.20. The lowest BCUT2D eigenvalue weighted by Crippen LogP contribution is -2.28. The van der Waals surface area contributed by atoms with Crippen molar-refractivity contribution in [2.45, 2.75) is 31.1 Å². The van der Waals surface area contributed by atoms with E-state index in [4.69, 9.17) is 4.74 Å². The first-order valence-electron chi connectivity index (χ1n) is 11.6. The molecule has 5 rings (SSSR count). The molecule has 0 amide bonds. The van der Waals surface area contributed by atoms with Crippen molar-refractivity contribution in [1.82, 2.24) is 4.90 Å². The summed E-state index contributed by atoms with van der Waals surface area (Å²) in [4.78, 5) is 2.39. The first kappa shape index (κ1) is 23.6. The molecule has 0 saturated carbocycles. The topological polar surface area (TPSA) is 32.7 Å². The van der Waals surface area contributed by atoms with Crippen molar-refractivity contribution in [3.63, 3.8) is 0 Å². The van der Waals surface area contributed by atoms with Crippen LogP contribution in [0.25, 0.3) is 0 Å². The number of nitrogens with zero attached hydrogens (tertiary/aromatic N) is 1. The van der Waals surface area contributed by atoms with Crippen molar-refractivity contribution in [1.29, 1.82) is 0 Å². The maximum atomic E-state index is 14.8. The third-order valence-electron chi connectivity index (χ3n) is 7.02. The zero-order valence-electron chi connectivity index (χ0n) is 18.8. The molecule has 0 spiro atoms. The minimum Gasteiger partial charge on any atom is -0.508 e. The molecule has 0 aliphatic carbocycles. The molecule has 184 valence electrons. The summed E-state index contributed by atoms with van der Waals surface area (Å²) in [6, 6.07) is 11.8. The maximum absolute atomic E-state index is 14.8. The molecule has 2 aliphatic rings. The van der Waals surface area contributed by atoms with E-state index in [9.17, 15) is 27.1 Å². The largest absolute Gasteiger partial charge is 0.508 e. The summed E-state index contributed by atoms with van der Waals surface area (Å²) in [6.45, 7) is 2.81. The number of likely N-dealkylation sites (tertiary alicyclic amines) is 1. The SMILES string of the molecule is Oc1ccc2c(c1)[C@@H](c1ccc(CCN3CCCC3)cc1)[C@@H](c1c(F)c(F)c(F)c(F)c1F)CO2. The van der Waals surface area contributed by atoms with Gasteiger partial charge in [0.05, 0.1) is 6.61 Å². The van der Waals surface area contributed by atoms with Gasteiger partial charge in [-0.05, 0) is 61.7 Å². The zero-order chi connectivity index (χ0) is 24.7.